The third-order valence-electron chi connectivity index (χ3n) is 5.44. The van der Waals surface area contributed by atoms with Crippen molar-refractivity contribution in [2.75, 3.05) is 12.8 Å². The van der Waals surface area contributed by atoms with Crippen LogP contribution in [0.25, 0.3) is 4.91 Å². The molecule has 1 heterocycles. The molecule has 0 atom stereocenters. The van der Waals surface area contributed by atoms with E-state index in [4.69, 9.17) is 0 Å². The molecule has 1 aliphatic rings. The quantitative estimate of drug-likeness (QED) is 0.454. The zero-order chi connectivity index (χ0) is 23.6. The van der Waals surface area contributed by atoms with Crippen LogP contribution in [0.4, 0.5) is 13.2 Å². The summed E-state index contributed by atoms with van der Waals surface area (Å²) in [7, 11) is -3.77. The molecule has 0 bridgehead atoms. The Kier molecular flexibility index (Phi) is 6.21. The fraction of sp³-hybridized carbons (Fsp3) is 0.200. The number of hydrogen-bond acceptors (Lipinski definition) is 4. The van der Waals surface area contributed by atoms with Gasteiger partial charge < -0.3 is 9.64 Å². The highest BCUT2D eigenvalue weighted by Crippen LogP contribution is 2.43. The zero-order valence-corrected chi connectivity index (χ0v) is 18.6. The van der Waals surface area contributed by atoms with Crippen molar-refractivity contribution in [3.05, 3.63) is 107 Å². The van der Waals surface area contributed by atoms with Gasteiger partial charge in [0.15, 0.2) is 9.84 Å². The van der Waals surface area contributed by atoms with Crippen molar-refractivity contribution >= 4 is 14.7 Å². The average molecular weight is 474 g/mol. The third-order valence-corrected chi connectivity index (χ3v) is 6.65. The molecule has 4 nitrogen and oxygen atoms in total. The lowest BCUT2D eigenvalue weighted by Gasteiger charge is -2.44. The highest BCUT2D eigenvalue weighted by atomic mass is 32.2. The number of halogens is 3. The van der Waals surface area contributed by atoms with Crippen LogP contribution in [-0.2, 0) is 9.84 Å². The normalized spacial score (nSPS) is 15.8. The number of rotatable bonds is 6. The first-order valence-electron chi connectivity index (χ1n) is 10.3. The largest absolute Gasteiger partial charge is 0.573 e. The Labute approximate surface area is 190 Å². The second-order valence-corrected chi connectivity index (χ2v) is 9.74. The number of hydrogen-bond donors (Lipinski definition) is 0. The molecule has 0 spiro atoms. The summed E-state index contributed by atoms with van der Waals surface area (Å²) >= 11 is 0. The van der Waals surface area contributed by atoms with Crippen LogP contribution < -0.4 is 4.74 Å². The molecule has 3 aromatic rings. The Hall–Kier alpha value is -3.26. The van der Waals surface area contributed by atoms with Crippen LogP contribution in [0.2, 0.25) is 0 Å². The van der Waals surface area contributed by atoms with Gasteiger partial charge in [-0.15, -0.1) is 13.2 Å². The van der Waals surface area contributed by atoms with Gasteiger partial charge in [0.1, 0.15) is 5.75 Å². The molecule has 1 fully saturated rings. The van der Waals surface area contributed by atoms with Crippen LogP contribution in [0.5, 0.6) is 5.75 Å². The van der Waals surface area contributed by atoms with Crippen LogP contribution >= 0.6 is 0 Å². The van der Waals surface area contributed by atoms with E-state index in [2.05, 4.69) is 4.74 Å². The number of nitrogens with zero attached hydrogens (tertiary/aromatic N) is 1. The predicted molar refractivity (Wildman–Crippen MR) is 121 cm³/mol. The monoisotopic (exact) mass is 473 g/mol. The first kappa shape index (κ1) is 22.9. The van der Waals surface area contributed by atoms with Gasteiger partial charge in [0.2, 0.25) is 0 Å². The van der Waals surface area contributed by atoms with Crippen molar-refractivity contribution < 1.29 is 26.3 Å². The van der Waals surface area contributed by atoms with Crippen molar-refractivity contribution in [3.8, 4) is 5.75 Å². The van der Waals surface area contributed by atoms with Crippen LogP contribution in [-0.4, -0.2) is 32.5 Å². The first-order valence-corrected chi connectivity index (χ1v) is 12.2. The molecular weight excluding hydrogens is 451 g/mol. The molecular formula is C25H22F3NO3S. The molecule has 0 N–H and O–H groups in total. The van der Waals surface area contributed by atoms with Crippen molar-refractivity contribution in [2.24, 2.45) is 0 Å². The van der Waals surface area contributed by atoms with Crippen molar-refractivity contribution in [1.29, 1.82) is 0 Å². The molecule has 0 unspecified atom stereocenters. The molecule has 3 aromatic carbocycles. The number of likely N-dealkylation sites (tertiary alicyclic amines) is 1. The first-order chi connectivity index (χ1) is 15.6. The number of ether oxygens (including phenoxy) is 1. The minimum Gasteiger partial charge on any atom is -0.406 e. The molecule has 0 saturated carbocycles. The zero-order valence-electron chi connectivity index (χ0n) is 17.8. The van der Waals surface area contributed by atoms with Crippen LogP contribution in [0, 0.1) is 0 Å². The molecule has 0 amide bonds. The van der Waals surface area contributed by atoms with Gasteiger partial charge in [-0.2, -0.15) is 0 Å². The Morgan fingerprint density at radius 2 is 1.48 bits per heavy atom. The lowest BCUT2D eigenvalue weighted by atomic mass is 9.92. The van der Waals surface area contributed by atoms with E-state index >= 15 is 0 Å². The summed E-state index contributed by atoms with van der Waals surface area (Å²) in [6.45, 7) is 0.613. The Morgan fingerprint density at radius 3 is 1.94 bits per heavy atom. The summed E-state index contributed by atoms with van der Waals surface area (Å²) in [5.74, 6) is -0.463. The van der Waals surface area contributed by atoms with E-state index in [-0.39, 0.29) is 16.5 Å². The maximum absolute atomic E-state index is 12.9. The Morgan fingerprint density at radius 1 is 0.909 bits per heavy atom. The summed E-state index contributed by atoms with van der Waals surface area (Å²) in [6, 6.07) is 24.3. The number of sulfone groups is 1. The fourth-order valence-electron chi connectivity index (χ4n) is 4.13. The predicted octanol–water partition coefficient (Wildman–Crippen LogP) is 5.79. The fourth-order valence-corrected chi connectivity index (χ4v) is 5.34. The SMILES string of the molecule is CS(=O)(=O)/C(=C1\CCN1C(c1ccccc1)c1ccccc1)c1cccc(OC(F)(F)F)c1. The summed E-state index contributed by atoms with van der Waals surface area (Å²) in [6.07, 6.45) is -3.31. The Bertz CT molecular complexity index is 1220. The maximum Gasteiger partial charge on any atom is 0.573 e. The van der Waals surface area contributed by atoms with Gasteiger partial charge in [-0.05, 0) is 28.8 Å². The van der Waals surface area contributed by atoms with E-state index in [1.54, 1.807) is 0 Å². The third kappa shape index (κ3) is 5.22. The summed E-state index contributed by atoms with van der Waals surface area (Å²) in [4.78, 5) is 2.01. The van der Waals surface area contributed by atoms with Crippen molar-refractivity contribution in [1.82, 2.24) is 4.90 Å². The van der Waals surface area contributed by atoms with Gasteiger partial charge in [-0.3, -0.25) is 0 Å². The maximum atomic E-state index is 12.9. The summed E-state index contributed by atoms with van der Waals surface area (Å²) in [5.41, 5.74) is 2.71. The van der Waals surface area contributed by atoms with E-state index < -0.39 is 21.9 Å². The lowest BCUT2D eigenvalue weighted by molar-refractivity contribution is -0.274. The highest BCUT2D eigenvalue weighted by molar-refractivity contribution is 8.00. The minimum atomic E-state index is -4.87. The van der Waals surface area contributed by atoms with Crippen LogP contribution in [0.3, 0.4) is 0 Å². The van der Waals surface area contributed by atoms with Gasteiger partial charge in [0.25, 0.3) is 0 Å². The van der Waals surface area contributed by atoms with Crippen molar-refractivity contribution in [3.63, 3.8) is 0 Å². The van der Waals surface area contributed by atoms with Crippen LogP contribution in [0.1, 0.15) is 29.2 Å². The standard InChI is InChI=1S/C25H22F3NO3S/c1-33(30,31)24(20-13-8-14-21(17-20)32-25(26,27)28)22-15-16-29(22)23(18-9-4-2-5-10-18)19-11-6-3-7-12-19/h2-14,17,23H,15-16H2,1H3/b24-22+. The van der Waals surface area contributed by atoms with E-state index in [1.165, 1.54) is 12.1 Å². The van der Waals surface area contributed by atoms with Gasteiger partial charge in [-0.25, -0.2) is 8.42 Å². The average Bonchev–Trinajstić information content (AvgIpc) is 2.74. The van der Waals surface area contributed by atoms with Crippen LogP contribution in [0.15, 0.2) is 90.6 Å². The summed E-state index contributed by atoms with van der Waals surface area (Å²) in [5, 5.41) is 0. The number of alkyl halides is 3. The molecule has 0 radical (unpaired) electrons. The molecule has 172 valence electrons. The molecule has 0 aliphatic carbocycles. The molecule has 33 heavy (non-hydrogen) atoms. The summed E-state index contributed by atoms with van der Waals surface area (Å²) < 4.78 is 67.9. The van der Waals surface area contributed by atoms with E-state index in [0.29, 0.717) is 18.7 Å². The molecule has 0 aromatic heterocycles. The molecule has 1 saturated heterocycles. The topological polar surface area (TPSA) is 46.6 Å². The second-order valence-electron chi connectivity index (χ2n) is 7.79. The second kappa shape index (κ2) is 8.94. The van der Waals surface area contributed by atoms with E-state index in [9.17, 15) is 21.6 Å². The Balaban J connectivity index is 1.84. The lowest BCUT2D eigenvalue weighted by Crippen LogP contribution is -2.40. The molecule has 8 heteroatoms. The number of benzene rings is 3. The molecule has 4 rings (SSSR count). The van der Waals surface area contributed by atoms with Gasteiger partial charge in [-0.1, -0.05) is 72.8 Å². The van der Waals surface area contributed by atoms with E-state index in [1.807, 2.05) is 65.6 Å². The smallest absolute Gasteiger partial charge is 0.406 e. The molecule has 1 aliphatic heterocycles. The van der Waals surface area contributed by atoms with E-state index in [0.717, 1.165) is 29.5 Å². The van der Waals surface area contributed by atoms with Gasteiger partial charge in [0.05, 0.1) is 10.9 Å². The minimum absolute atomic E-state index is 0.0123. The van der Waals surface area contributed by atoms with Gasteiger partial charge >= 0.3 is 6.36 Å². The highest BCUT2D eigenvalue weighted by Gasteiger charge is 2.36. The van der Waals surface area contributed by atoms with Crippen molar-refractivity contribution in [2.45, 2.75) is 18.8 Å². The van der Waals surface area contributed by atoms with Gasteiger partial charge in [0, 0.05) is 24.9 Å².